The Hall–Kier alpha value is -1.26. The third-order valence-corrected chi connectivity index (χ3v) is 3.42. The second-order valence-corrected chi connectivity index (χ2v) is 4.96. The molecule has 0 fully saturated rings. The number of para-hydroxylation sites is 1. The molecule has 0 saturated heterocycles. The Morgan fingerprint density at radius 1 is 1.22 bits per heavy atom. The summed E-state index contributed by atoms with van der Waals surface area (Å²) >= 11 is 8.91. The Balaban J connectivity index is 2.17. The standard InChI is InChI=1S/C13H10BrClFNO/c14-9-4-1-3-8(13(9)18)7-17-11-6-2-5-10(15)12(11)16/h1-6,17-18H,7H2. The van der Waals surface area contributed by atoms with Gasteiger partial charge in [0.25, 0.3) is 0 Å². The summed E-state index contributed by atoms with van der Waals surface area (Å²) in [6, 6.07) is 10.0. The van der Waals surface area contributed by atoms with Crippen LogP contribution in [0.4, 0.5) is 10.1 Å². The lowest BCUT2D eigenvalue weighted by molar-refractivity contribution is 0.465. The zero-order valence-corrected chi connectivity index (χ0v) is 11.6. The van der Waals surface area contributed by atoms with Gasteiger partial charge in [0.05, 0.1) is 15.2 Å². The van der Waals surface area contributed by atoms with E-state index >= 15 is 0 Å². The summed E-state index contributed by atoms with van der Waals surface area (Å²) in [5, 5.41) is 12.8. The number of hydrogen-bond donors (Lipinski definition) is 2. The molecule has 0 radical (unpaired) electrons. The molecule has 2 aromatic carbocycles. The molecule has 0 aliphatic heterocycles. The van der Waals surface area contributed by atoms with E-state index in [1.54, 1.807) is 30.3 Å². The fraction of sp³-hybridized carbons (Fsp3) is 0.0769. The summed E-state index contributed by atoms with van der Waals surface area (Å²) in [6.45, 7) is 0.308. The third-order valence-electron chi connectivity index (χ3n) is 2.49. The van der Waals surface area contributed by atoms with E-state index in [2.05, 4.69) is 21.2 Å². The van der Waals surface area contributed by atoms with Crippen LogP contribution in [-0.4, -0.2) is 5.11 Å². The fourth-order valence-corrected chi connectivity index (χ4v) is 2.12. The summed E-state index contributed by atoms with van der Waals surface area (Å²) in [4.78, 5) is 0. The molecular formula is C13H10BrClFNO. The molecule has 0 unspecified atom stereocenters. The van der Waals surface area contributed by atoms with Gasteiger partial charge in [-0.25, -0.2) is 4.39 Å². The van der Waals surface area contributed by atoms with E-state index in [4.69, 9.17) is 11.6 Å². The summed E-state index contributed by atoms with van der Waals surface area (Å²) < 4.78 is 14.2. The Bertz CT molecular complexity index is 525. The second kappa shape index (κ2) is 5.59. The molecule has 2 aromatic rings. The van der Waals surface area contributed by atoms with Crippen LogP contribution in [0.2, 0.25) is 5.02 Å². The lowest BCUT2D eigenvalue weighted by Crippen LogP contribution is -2.02. The first-order valence-electron chi connectivity index (χ1n) is 5.24. The molecule has 0 aromatic heterocycles. The van der Waals surface area contributed by atoms with Crippen molar-refractivity contribution in [2.24, 2.45) is 0 Å². The molecule has 2 rings (SSSR count). The van der Waals surface area contributed by atoms with Crippen molar-refractivity contribution in [3.8, 4) is 5.75 Å². The van der Waals surface area contributed by atoms with Gasteiger partial charge in [-0.1, -0.05) is 29.8 Å². The molecule has 2 nitrogen and oxygen atoms in total. The molecule has 0 atom stereocenters. The summed E-state index contributed by atoms with van der Waals surface area (Å²) in [5.41, 5.74) is 0.977. The maximum atomic E-state index is 13.6. The van der Waals surface area contributed by atoms with Crippen LogP contribution in [-0.2, 0) is 6.54 Å². The van der Waals surface area contributed by atoms with Crippen molar-refractivity contribution in [3.63, 3.8) is 0 Å². The highest BCUT2D eigenvalue weighted by atomic mass is 79.9. The van der Waals surface area contributed by atoms with Crippen LogP contribution >= 0.6 is 27.5 Å². The fourth-order valence-electron chi connectivity index (χ4n) is 1.53. The van der Waals surface area contributed by atoms with Gasteiger partial charge in [-0.2, -0.15) is 0 Å². The molecule has 0 saturated carbocycles. The van der Waals surface area contributed by atoms with Crippen LogP contribution < -0.4 is 5.32 Å². The predicted molar refractivity (Wildman–Crippen MR) is 74.5 cm³/mol. The van der Waals surface area contributed by atoms with Crippen LogP contribution in [0.3, 0.4) is 0 Å². The molecule has 0 bridgehead atoms. The van der Waals surface area contributed by atoms with Crippen LogP contribution in [0.1, 0.15) is 5.56 Å². The molecule has 0 aliphatic rings. The molecule has 5 heteroatoms. The molecular weight excluding hydrogens is 321 g/mol. The number of phenolic OH excluding ortho intramolecular Hbond substituents is 1. The van der Waals surface area contributed by atoms with E-state index in [0.717, 1.165) is 0 Å². The van der Waals surface area contributed by atoms with E-state index in [0.29, 0.717) is 22.3 Å². The Morgan fingerprint density at radius 2 is 1.94 bits per heavy atom. The van der Waals surface area contributed by atoms with Crippen LogP contribution in [0.5, 0.6) is 5.75 Å². The average Bonchev–Trinajstić information content (AvgIpc) is 2.36. The number of hydrogen-bond acceptors (Lipinski definition) is 2. The Kier molecular flexibility index (Phi) is 4.09. The highest BCUT2D eigenvalue weighted by Crippen LogP contribution is 2.29. The number of anilines is 1. The van der Waals surface area contributed by atoms with Crippen LogP contribution in [0, 0.1) is 5.82 Å². The number of nitrogens with one attached hydrogen (secondary N) is 1. The smallest absolute Gasteiger partial charge is 0.164 e. The number of rotatable bonds is 3. The maximum Gasteiger partial charge on any atom is 0.164 e. The first kappa shape index (κ1) is 13.2. The minimum Gasteiger partial charge on any atom is -0.506 e. The van der Waals surface area contributed by atoms with Crippen molar-refractivity contribution in [1.82, 2.24) is 0 Å². The molecule has 0 spiro atoms. The van der Waals surface area contributed by atoms with Gasteiger partial charge < -0.3 is 10.4 Å². The predicted octanol–water partition coefficient (Wildman–Crippen LogP) is 4.56. The summed E-state index contributed by atoms with van der Waals surface area (Å²) in [7, 11) is 0. The van der Waals surface area contributed by atoms with E-state index in [1.165, 1.54) is 6.07 Å². The number of benzene rings is 2. The van der Waals surface area contributed by atoms with Crippen molar-refractivity contribution < 1.29 is 9.50 Å². The average molecular weight is 331 g/mol. The number of phenols is 1. The van der Waals surface area contributed by atoms with Crippen molar-refractivity contribution in [2.75, 3.05) is 5.32 Å². The molecule has 18 heavy (non-hydrogen) atoms. The molecule has 94 valence electrons. The minimum absolute atomic E-state index is 0.0680. The highest BCUT2D eigenvalue weighted by Gasteiger charge is 2.08. The van der Waals surface area contributed by atoms with Crippen LogP contribution in [0.25, 0.3) is 0 Å². The summed E-state index contributed by atoms with van der Waals surface area (Å²) in [6.07, 6.45) is 0. The lowest BCUT2D eigenvalue weighted by atomic mass is 10.2. The first-order valence-corrected chi connectivity index (χ1v) is 6.41. The van der Waals surface area contributed by atoms with E-state index < -0.39 is 5.82 Å². The van der Waals surface area contributed by atoms with Crippen molar-refractivity contribution >= 4 is 33.2 Å². The Morgan fingerprint density at radius 3 is 2.72 bits per heavy atom. The molecule has 0 aliphatic carbocycles. The van der Waals surface area contributed by atoms with Gasteiger partial charge >= 0.3 is 0 Å². The van der Waals surface area contributed by atoms with E-state index in [1.807, 2.05) is 0 Å². The topological polar surface area (TPSA) is 32.3 Å². The van der Waals surface area contributed by atoms with Gasteiger partial charge in [-0.05, 0) is 34.1 Å². The van der Waals surface area contributed by atoms with Gasteiger partial charge in [-0.15, -0.1) is 0 Å². The van der Waals surface area contributed by atoms with Gasteiger partial charge in [0.2, 0.25) is 0 Å². The normalized spacial score (nSPS) is 10.4. The van der Waals surface area contributed by atoms with Crippen molar-refractivity contribution in [3.05, 3.63) is 57.3 Å². The molecule has 0 amide bonds. The maximum absolute atomic E-state index is 13.6. The highest BCUT2D eigenvalue weighted by molar-refractivity contribution is 9.10. The van der Waals surface area contributed by atoms with Gasteiger partial charge in [0.1, 0.15) is 5.75 Å². The third kappa shape index (κ3) is 2.76. The minimum atomic E-state index is -0.492. The largest absolute Gasteiger partial charge is 0.506 e. The second-order valence-electron chi connectivity index (χ2n) is 3.70. The SMILES string of the molecule is Oc1c(Br)cccc1CNc1cccc(Cl)c1F. The van der Waals surface area contributed by atoms with E-state index in [9.17, 15) is 9.50 Å². The van der Waals surface area contributed by atoms with E-state index in [-0.39, 0.29) is 10.8 Å². The number of aromatic hydroxyl groups is 1. The summed E-state index contributed by atoms with van der Waals surface area (Å²) in [5.74, 6) is -0.346. The van der Waals surface area contributed by atoms with Gasteiger partial charge in [0.15, 0.2) is 5.82 Å². The zero-order chi connectivity index (χ0) is 13.1. The lowest BCUT2D eigenvalue weighted by Gasteiger charge is -2.10. The van der Waals surface area contributed by atoms with Gasteiger partial charge in [0, 0.05) is 12.1 Å². The van der Waals surface area contributed by atoms with Crippen molar-refractivity contribution in [1.29, 1.82) is 0 Å². The Labute approximate surface area is 118 Å². The first-order chi connectivity index (χ1) is 8.59. The molecule has 0 heterocycles. The zero-order valence-electron chi connectivity index (χ0n) is 9.25. The molecule has 2 N–H and O–H groups in total. The number of halogens is 3. The van der Waals surface area contributed by atoms with Crippen molar-refractivity contribution in [2.45, 2.75) is 6.54 Å². The quantitative estimate of drug-likeness (QED) is 0.864. The van der Waals surface area contributed by atoms with Gasteiger partial charge in [-0.3, -0.25) is 0 Å². The van der Waals surface area contributed by atoms with Crippen LogP contribution in [0.15, 0.2) is 40.9 Å². The monoisotopic (exact) mass is 329 g/mol.